The second-order valence-corrected chi connectivity index (χ2v) is 3.08. The Kier molecular flexibility index (Phi) is 2.49. The zero-order valence-corrected chi connectivity index (χ0v) is 7.72. The van der Waals surface area contributed by atoms with Crippen LogP contribution in [0.4, 0.5) is 0 Å². The van der Waals surface area contributed by atoms with E-state index < -0.39 is 0 Å². The van der Waals surface area contributed by atoms with Crippen molar-refractivity contribution in [1.82, 2.24) is 0 Å². The molecule has 0 aliphatic carbocycles. The maximum atomic E-state index is 3.92. The Bertz CT molecular complexity index is 319. The van der Waals surface area contributed by atoms with Crippen LogP contribution >= 0.6 is 0 Å². The predicted octanol–water partition coefficient (Wildman–Crippen LogP) is 3.67. The fourth-order valence-electron chi connectivity index (χ4n) is 1.24. The van der Waals surface area contributed by atoms with E-state index in [0.717, 1.165) is 5.57 Å². The molecule has 1 rings (SSSR count). The van der Waals surface area contributed by atoms with Crippen LogP contribution in [0.2, 0.25) is 0 Å². The Morgan fingerprint density at radius 3 is 2.58 bits per heavy atom. The Labute approximate surface area is 74.2 Å². The standard InChI is InChI=1S/C12H14/c1-5-11-8-10(4)6-7-12(11)9(2)3/h5-8H,1-2H2,3-4H3. The molecule has 0 radical (unpaired) electrons. The molecular weight excluding hydrogens is 144 g/mol. The lowest BCUT2D eigenvalue weighted by Crippen LogP contribution is -1.85. The molecule has 1 aromatic rings. The highest BCUT2D eigenvalue weighted by Crippen LogP contribution is 2.19. The van der Waals surface area contributed by atoms with Crippen LogP contribution in [0, 0.1) is 6.92 Å². The average Bonchev–Trinajstić information content (AvgIpc) is 2.03. The summed E-state index contributed by atoms with van der Waals surface area (Å²) in [4.78, 5) is 0. The minimum absolute atomic E-state index is 1.09. The van der Waals surface area contributed by atoms with E-state index in [1.807, 2.05) is 13.0 Å². The first-order chi connectivity index (χ1) is 5.65. The molecule has 0 atom stereocenters. The maximum Gasteiger partial charge on any atom is -0.0161 e. The molecule has 0 nitrogen and oxygen atoms in total. The van der Waals surface area contributed by atoms with Gasteiger partial charge >= 0.3 is 0 Å². The van der Waals surface area contributed by atoms with E-state index in [2.05, 4.69) is 38.3 Å². The molecule has 0 aliphatic rings. The molecule has 0 N–H and O–H groups in total. The number of hydrogen-bond acceptors (Lipinski definition) is 0. The number of allylic oxidation sites excluding steroid dienone is 1. The van der Waals surface area contributed by atoms with Gasteiger partial charge in [-0.25, -0.2) is 0 Å². The minimum Gasteiger partial charge on any atom is -0.0984 e. The van der Waals surface area contributed by atoms with Gasteiger partial charge in [0.25, 0.3) is 0 Å². The number of aryl methyl sites for hydroxylation is 1. The topological polar surface area (TPSA) is 0 Å². The number of hydrogen-bond donors (Lipinski definition) is 0. The summed E-state index contributed by atoms with van der Waals surface area (Å²) >= 11 is 0. The summed E-state index contributed by atoms with van der Waals surface area (Å²) in [5, 5.41) is 0. The lowest BCUT2D eigenvalue weighted by atomic mass is 10.00. The van der Waals surface area contributed by atoms with Crippen molar-refractivity contribution in [3.05, 3.63) is 48.0 Å². The first kappa shape index (κ1) is 8.79. The molecule has 0 aromatic heterocycles. The predicted molar refractivity (Wildman–Crippen MR) is 56.0 cm³/mol. The van der Waals surface area contributed by atoms with Gasteiger partial charge in [-0.3, -0.25) is 0 Å². The van der Waals surface area contributed by atoms with E-state index in [1.165, 1.54) is 16.7 Å². The number of rotatable bonds is 2. The fraction of sp³-hybridized carbons (Fsp3) is 0.167. The number of benzene rings is 1. The largest absolute Gasteiger partial charge is 0.0984 e. The highest BCUT2D eigenvalue weighted by Gasteiger charge is 1.98. The average molecular weight is 158 g/mol. The van der Waals surface area contributed by atoms with E-state index in [1.54, 1.807) is 0 Å². The van der Waals surface area contributed by atoms with Crippen LogP contribution in [0.3, 0.4) is 0 Å². The molecule has 0 aliphatic heterocycles. The summed E-state index contributed by atoms with van der Waals surface area (Å²) in [6.07, 6.45) is 1.87. The zero-order valence-electron chi connectivity index (χ0n) is 7.72. The summed E-state index contributed by atoms with van der Waals surface area (Å²) < 4.78 is 0. The lowest BCUT2D eigenvalue weighted by molar-refractivity contribution is 1.43. The van der Waals surface area contributed by atoms with Crippen molar-refractivity contribution < 1.29 is 0 Å². The van der Waals surface area contributed by atoms with Crippen LogP contribution in [-0.2, 0) is 0 Å². The Morgan fingerprint density at radius 1 is 1.42 bits per heavy atom. The van der Waals surface area contributed by atoms with Crippen molar-refractivity contribution in [2.45, 2.75) is 13.8 Å². The molecule has 62 valence electrons. The Morgan fingerprint density at radius 2 is 2.08 bits per heavy atom. The molecule has 12 heavy (non-hydrogen) atoms. The van der Waals surface area contributed by atoms with E-state index >= 15 is 0 Å². The van der Waals surface area contributed by atoms with Crippen molar-refractivity contribution in [1.29, 1.82) is 0 Å². The lowest BCUT2D eigenvalue weighted by Gasteiger charge is -2.05. The van der Waals surface area contributed by atoms with E-state index in [0.29, 0.717) is 0 Å². The molecule has 0 heteroatoms. The third-order valence-electron chi connectivity index (χ3n) is 1.89. The smallest absolute Gasteiger partial charge is 0.0161 e. The van der Waals surface area contributed by atoms with Crippen LogP contribution in [0.5, 0.6) is 0 Å². The van der Waals surface area contributed by atoms with Gasteiger partial charge in [-0.15, -0.1) is 0 Å². The zero-order chi connectivity index (χ0) is 9.14. The van der Waals surface area contributed by atoms with Gasteiger partial charge in [-0.2, -0.15) is 0 Å². The van der Waals surface area contributed by atoms with Gasteiger partial charge in [-0.05, 0) is 25.0 Å². The van der Waals surface area contributed by atoms with Crippen LogP contribution in [0.1, 0.15) is 23.6 Å². The van der Waals surface area contributed by atoms with Gasteiger partial charge < -0.3 is 0 Å². The van der Waals surface area contributed by atoms with Gasteiger partial charge in [0.1, 0.15) is 0 Å². The third kappa shape index (κ3) is 1.65. The van der Waals surface area contributed by atoms with Gasteiger partial charge in [0.2, 0.25) is 0 Å². The summed E-state index contributed by atoms with van der Waals surface area (Å²) in [6.45, 7) is 11.8. The second-order valence-electron chi connectivity index (χ2n) is 3.08. The molecule has 0 saturated carbocycles. The van der Waals surface area contributed by atoms with E-state index in [-0.39, 0.29) is 0 Å². The third-order valence-corrected chi connectivity index (χ3v) is 1.89. The molecule has 0 spiro atoms. The van der Waals surface area contributed by atoms with Gasteiger partial charge in [0, 0.05) is 0 Å². The monoisotopic (exact) mass is 158 g/mol. The van der Waals surface area contributed by atoms with Gasteiger partial charge in [0.15, 0.2) is 0 Å². The maximum absolute atomic E-state index is 3.92. The molecule has 0 unspecified atom stereocenters. The van der Waals surface area contributed by atoms with Crippen LogP contribution in [0.25, 0.3) is 11.6 Å². The highest BCUT2D eigenvalue weighted by atomic mass is 14.0. The molecular formula is C12H14. The van der Waals surface area contributed by atoms with Crippen LogP contribution < -0.4 is 0 Å². The fourth-order valence-corrected chi connectivity index (χ4v) is 1.24. The van der Waals surface area contributed by atoms with Gasteiger partial charge in [-0.1, -0.05) is 48.6 Å². The summed E-state index contributed by atoms with van der Waals surface area (Å²) in [5.74, 6) is 0. The quantitative estimate of drug-likeness (QED) is 0.616. The van der Waals surface area contributed by atoms with Crippen molar-refractivity contribution >= 4 is 11.6 Å². The van der Waals surface area contributed by atoms with Crippen LogP contribution in [-0.4, -0.2) is 0 Å². The van der Waals surface area contributed by atoms with Crippen molar-refractivity contribution in [3.8, 4) is 0 Å². The molecule has 0 fully saturated rings. The van der Waals surface area contributed by atoms with Crippen molar-refractivity contribution in [2.75, 3.05) is 0 Å². The first-order valence-electron chi connectivity index (χ1n) is 4.04. The SMILES string of the molecule is C=Cc1cc(C)ccc1C(=C)C. The Balaban J connectivity index is 3.29. The normalized spacial score (nSPS) is 9.50. The van der Waals surface area contributed by atoms with Crippen molar-refractivity contribution in [3.63, 3.8) is 0 Å². The minimum atomic E-state index is 1.09. The van der Waals surface area contributed by atoms with E-state index in [4.69, 9.17) is 0 Å². The summed E-state index contributed by atoms with van der Waals surface area (Å²) in [7, 11) is 0. The Hall–Kier alpha value is -1.30. The summed E-state index contributed by atoms with van der Waals surface area (Å²) in [6, 6.07) is 6.31. The van der Waals surface area contributed by atoms with Crippen molar-refractivity contribution in [2.24, 2.45) is 0 Å². The highest BCUT2D eigenvalue weighted by molar-refractivity contribution is 5.71. The second kappa shape index (κ2) is 3.40. The molecule has 0 saturated heterocycles. The molecule has 0 bridgehead atoms. The first-order valence-corrected chi connectivity index (χ1v) is 4.04. The molecule has 1 aromatic carbocycles. The van der Waals surface area contributed by atoms with E-state index in [9.17, 15) is 0 Å². The van der Waals surface area contributed by atoms with Gasteiger partial charge in [0.05, 0.1) is 0 Å². The molecule has 0 amide bonds. The summed E-state index contributed by atoms with van der Waals surface area (Å²) in [5.41, 5.74) is 4.71. The van der Waals surface area contributed by atoms with Crippen LogP contribution in [0.15, 0.2) is 31.4 Å². The molecule has 0 heterocycles.